The second kappa shape index (κ2) is 9.28. The lowest BCUT2D eigenvalue weighted by Gasteiger charge is -2.35. The van der Waals surface area contributed by atoms with Gasteiger partial charge >= 0.3 is 0 Å². The molecule has 33 heavy (non-hydrogen) atoms. The van der Waals surface area contributed by atoms with E-state index in [1.807, 2.05) is 66.4 Å². The van der Waals surface area contributed by atoms with Crippen LogP contribution in [0.15, 0.2) is 78.9 Å². The quantitative estimate of drug-likeness (QED) is 0.464. The molecule has 2 heterocycles. The van der Waals surface area contributed by atoms with E-state index in [4.69, 9.17) is 4.74 Å². The van der Waals surface area contributed by atoms with Gasteiger partial charge in [-0.1, -0.05) is 60.7 Å². The van der Waals surface area contributed by atoms with Gasteiger partial charge in [-0.05, 0) is 41.5 Å². The zero-order chi connectivity index (χ0) is 22.6. The summed E-state index contributed by atoms with van der Waals surface area (Å²) in [5, 5.41) is 11.4. The van der Waals surface area contributed by atoms with Crippen molar-refractivity contribution in [2.75, 3.05) is 37.7 Å². The zero-order valence-electron chi connectivity index (χ0n) is 18.6. The Morgan fingerprint density at radius 1 is 0.848 bits per heavy atom. The highest BCUT2D eigenvalue weighted by Gasteiger charge is 2.22. The van der Waals surface area contributed by atoms with Gasteiger partial charge in [0.05, 0.1) is 5.69 Å². The number of ether oxygens (including phenoxy) is 1. The fourth-order valence-corrected chi connectivity index (χ4v) is 4.22. The summed E-state index contributed by atoms with van der Waals surface area (Å²) in [5.74, 6) is 1.60. The number of hydrogen-bond donors (Lipinski definition) is 0. The Kier molecular flexibility index (Phi) is 5.89. The van der Waals surface area contributed by atoms with Gasteiger partial charge in [-0.25, -0.2) is 0 Å². The lowest BCUT2D eigenvalue weighted by Crippen LogP contribution is -2.50. The minimum Gasteiger partial charge on any atom is -0.484 e. The summed E-state index contributed by atoms with van der Waals surface area (Å²) in [6.45, 7) is 4.76. The maximum Gasteiger partial charge on any atom is 0.260 e. The molecule has 0 unspecified atom stereocenters. The molecular formula is C27H26N4O2. The normalized spacial score (nSPS) is 13.8. The van der Waals surface area contributed by atoms with Crippen molar-refractivity contribution < 1.29 is 9.53 Å². The van der Waals surface area contributed by atoms with Crippen LogP contribution in [0.1, 0.15) is 5.56 Å². The smallest absolute Gasteiger partial charge is 0.260 e. The number of aromatic nitrogens is 2. The van der Waals surface area contributed by atoms with E-state index in [9.17, 15) is 4.79 Å². The third kappa shape index (κ3) is 4.51. The summed E-state index contributed by atoms with van der Waals surface area (Å²) < 4.78 is 5.72. The van der Waals surface area contributed by atoms with Crippen molar-refractivity contribution >= 4 is 22.5 Å². The first kappa shape index (κ1) is 20.9. The van der Waals surface area contributed by atoms with Crippen LogP contribution in [-0.4, -0.2) is 53.8 Å². The van der Waals surface area contributed by atoms with Crippen LogP contribution in [0.5, 0.6) is 5.75 Å². The third-order valence-corrected chi connectivity index (χ3v) is 6.12. The Balaban J connectivity index is 1.20. The number of rotatable bonds is 5. The minimum atomic E-state index is 0.00953. The highest BCUT2D eigenvalue weighted by atomic mass is 16.5. The Morgan fingerprint density at radius 2 is 1.61 bits per heavy atom. The predicted molar refractivity (Wildman–Crippen MR) is 130 cm³/mol. The van der Waals surface area contributed by atoms with E-state index in [1.54, 1.807) is 0 Å². The molecule has 1 aliphatic heterocycles. The summed E-state index contributed by atoms with van der Waals surface area (Å²) >= 11 is 0. The van der Waals surface area contributed by atoms with E-state index >= 15 is 0 Å². The molecule has 1 amide bonds. The molecule has 6 nitrogen and oxygen atoms in total. The summed E-state index contributed by atoms with van der Waals surface area (Å²) in [7, 11) is 0. The molecule has 0 bridgehead atoms. The average molecular weight is 439 g/mol. The monoisotopic (exact) mass is 438 g/mol. The van der Waals surface area contributed by atoms with E-state index in [1.165, 1.54) is 10.8 Å². The van der Waals surface area contributed by atoms with Crippen LogP contribution in [0.2, 0.25) is 0 Å². The van der Waals surface area contributed by atoms with Gasteiger partial charge in [0.1, 0.15) is 5.75 Å². The maximum absolute atomic E-state index is 12.6. The molecule has 166 valence electrons. The predicted octanol–water partition coefficient (Wildman–Crippen LogP) is 4.33. The van der Waals surface area contributed by atoms with Gasteiger partial charge in [0, 0.05) is 31.7 Å². The van der Waals surface area contributed by atoms with E-state index in [0.29, 0.717) is 13.1 Å². The lowest BCUT2D eigenvalue weighted by molar-refractivity contribution is -0.133. The molecule has 1 saturated heterocycles. The zero-order valence-corrected chi connectivity index (χ0v) is 18.6. The van der Waals surface area contributed by atoms with Crippen molar-refractivity contribution in [1.29, 1.82) is 0 Å². The van der Waals surface area contributed by atoms with E-state index < -0.39 is 0 Å². The number of nitrogens with zero attached hydrogens (tertiary/aromatic N) is 4. The molecule has 4 aromatic rings. The largest absolute Gasteiger partial charge is 0.484 e. The highest BCUT2D eigenvalue weighted by Crippen LogP contribution is 2.27. The molecule has 3 aromatic carbocycles. The number of carbonyl (C=O) groups is 1. The minimum absolute atomic E-state index is 0.00953. The van der Waals surface area contributed by atoms with Crippen LogP contribution in [0, 0.1) is 6.92 Å². The number of piperazine rings is 1. The Bertz CT molecular complexity index is 1260. The number of para-hydroxylation sites is 1. The molecule has 0 aliphatic carbocycles. The van der Waals surface area contributed by atoms with Crippen LogP contribution < -0.4 is 9.64 Å². The first-order valence-corrected chi connectivity index (χ1v) is 11.2. The number of fused-ring (bicyclic) bond motifs is 1. The van der Waals surface area contributed by atoms with Gasteiger partial charge in [-0.3, -0.25) is 4.79 Å². The van der Waals surface area contributed by atoms with Gasteiger partial charge in [0.2, 0.25) is 0 Å². The van der Waals surface area contributed by atoms with Gasteiger partial charge in [0.25, 0.3) is 5.91 Å². The molecule has 5 rings (SSSR count). The molecule has 1 aliphatic rings. The van der Waals surface area contributed by atoms with Crippen LogP contribution in [0.25, 0.3) is 22.0 Å². The number of carbonyl (C=O) groups excluding carboxylic acids is 1. The molecule has 1 aromatic heterocycles. The van der Waals surface area contributed by atoms with Crippen LogP contribution in [-0.2, 0) is 4.79 Å². The number of amides is 1. The topological polar surface area (TPSA) is 58.6 Å². The van der Waals surface area contributed by atoms with Crippen molar-refractivity contribution in [3.63, 3.8) is 0 Å². The Morgan fingerprint density at radius 3 is 2.39 bits per heavy atom. The number of hydrogen-bond acceptors (Lipinski definition) is 5. The van der Waals surface area contributed by atoms with Crippen molar-refractivity contribution in [2.45, 2.75) is 6.92 Å². The van der Waals surface area contributed by atoms with E-state index in [2.05, 4.69) is 39.4 Å². The van der Waals surface area contributed by atoms with Gasteiger partial charge < -0.3 is 14.5 Å². The number of anilines is 1. The summed E-state index contributed by atoms with van der Waals surface area (Å²) in [4.78, 5) is 16.6. The SMILES string of the molecule is Cc1ccccc1OCC(=O)N1CCN(c2ccc(-c3cccc4ccccc34)nn2)CC1. The molecule has 0 radical (unpaired) electrons. The van der Waals surface area contributed by atoms with Crippen molar-refractivity contribution in [3.05, 3.63) is 84.4 Å². The molecule has 1 fully saturated rings. The second-order valence-corrected chi connectivity index (χ2v) is 8.23. The summed E-state index contributed by atoms with van der Waals surface area (Å²) in [6.07, 6.45) is 0. The van der Waals surface area contributed by atoms with Crippen molar-refractivity contribution in [3.8, 4) is 17.0 Å². The molecular weight excluding hydrogens is 412 g/mol. The van der Waals surface area contributed by atoms with Crippen LogP contribution in [0.4, 0.5) is 5.82 Å². The van der Waals surface area contributed by atoms with E-state index in [0.717, 1.165) is 41.5 Å². The highest BCUT2D eigenvalue weighted by molar-refractivity contribution is 5.95. The maximum atomic E-state index is 12.6. The molecule has 0 atom stereocenters. The third-order valence-electron chi connectivity index (χ3n) is 6.12. The van der Waals surface area contributed by atoms with Crippen molar-refractivity contribution in [1.82, 2.24) is 15.1 Å². The molecule has 0 spiro atoms. The van der Waals surface area contributed by atoms with Gasteiger partial charge in [0.15, 0.2) is 12.4 Å². The first-order valence-electron chi connectivity index (χ1n) is 11.2. The summed E-state index contributed by atoms with van der Waals surface area (Å²) in [6, 6.07) is 26.3. The standard InChI is InChI=1S/C27H26N4O2/c1-20-7-2-5-12-25(20)33-19-27(32)31-17-15-30(16-18-31)26-14-13-24(28-29-26)23-11-6-9-21-8-3-4-10-22(21)23/h2-14H,15-19H2,1H3. The summed E-state index contributed by atoms with van der Waals surface area (Å²) in [5.41, 5.74) is 2.97. The lowest BCUT2D eigenvalue weighted by atomic mass is 10.0. The second-order valence-electron chi connectivity index (χ2n) is 8.23. The Labute approximate surface area is 193 Å². The van der Waals surface area contributed by atoms with Gasteiger partial charge in [-0.2, -0.15) is 0 Å². The molecule has 0 saturated carbocycles. The number of benzene rings is 3. The van der Waals surface area contributed by atoms with Crippen LogP contribution in [0.3, 0.4) is 0 Å². The Hall–Kier alpha value is -3.93. The fraction of sp³-hybridized carbons (Fsp3) is 0.222. The van der Waals surface area contributed by atoms with Crippen LogP contribution >= 0.6 is 0 Å². The fourth-order valence-electron chi connectivity index (χ4n) is 4.22. The van der Waals surface area contributed by atoms with Crippen molar-refractivity contribution in [2.24, 2.45) is 0 Å². The first-order chi connectivity index (χ1) is 16.2. The average Bonchev–Trinajstić information content (AvgIpc) is 2.88. The van der Waals surface area contributed by atoms with E-state index in [-0.39, 0.29) is 12.5 Å². The molecule has 0 N–H and O–H groups in total. The molecule has 6 heteroatoms. The van der Waals surface area contributed by atoms with Gasteiger partial charge in [-0.15, -0.1) is 10.2 Å². The number of aryl methyl sites for hydroxylation is 1.